The largest absolute Gasteiger partial charge is 0.441 e. The van der Waals surface area contributed by atoms with E-state index in [4.69, 9.17) is 14.2 Å². The van der Waals surface area contributed by atoms with E-state index in [2.05, 4.69) is 5.32 Å². The maximum atomic E-state index is 17.5. The summed E-state index contributed by atoms with van der Waals surface area (Å²) in [5, 5.41) is 15.0. The number of carbonyl (C=O) groups is 3. The molecule has 10 heteroatoms. The Hall–Kier alpha value is -2.14. The number of nitrogens with one attached hydrogen (secondary N) is 1. The number of rotatable bonds is 3. The number of allylic oxidation sites excluding steroid dienone is 4. The van der Waals surface area contributed by atoms with Crippen LogP contribution in [0.3, 0.4) is 0 Å². The molecule has 0 aromatic rings. The van der Waals surface area contributed by atoms with Crippen molar-refractivity contribution in [2.75, 3.05) is 19.7 Å². The average Bonchev–Trinajstić information content (AvgIpc) is 3.63. The number of piperazine rings is 1. The molecule has 0 radical (unpaired) electrons. The minimum absolute atomic E-state index is 0.0213. The lowest BCUT2D eigenvalue weighted by atomic mass is 9.44. The van der Waals surface area contributed by atoms with Gasteiger partial charge in [0.25, 0.3) is 0 Å². The third-order valence-corrected chi connectivity index (χ3v) is 11.7. The minimum atomic E-state index is -2.02. The van der Waals surface area contributed by atoms with Crippen molar-refractivity contribution >= 4 is 17.7 Å². The second-order valence-electron chi connectivity index (χ2n) is 14.0. The van der Waals surface area contributed by atoms with Crippen LogP contribution in [-0.2, 0) is 23.8 Å². The molecule has 218 valence electrons. The van der Waals surface area contributed by atoms with E-state index in [1.165, 1.54) is 12.2 Å². The van der Waals surface area contributed by atoms with Crippen molar-refractivity contribution in [3.05, 3.63) is 23.8 Å². The van der Waals surface area contributed by atoms with Gasteiger partial charge in [0.2, 0.25) is 5.78 Å². The standard InChI is InChI=1S/C30H39FN2O7/c1-26(2)39-24-11-21-20-6-5-16-9-19(34)7-8-27(16,3)29(20,31)22(35)12-28(21,4)30(24,40-26)23(36)15-38-25(37)33-14-17-10-18(33)13-32-17/h7-9,17-18,20-22,24,32,35H,5-6,10-15H2,1-4H3/t17?,18?,20-,21-,22-,24+,27-,28-,29-,30+/m0/s1. The second-order valence-corrected chi connectivity index (χ2v) is 14.0. The number of likely N-dealkylation sites (tertiary alicyclic amines) is 1. The Kier molecular flexibility index (Phi) is 5.51. The van der Waals surface area contributed by atoms with Crippen LogP contribution in [0.1, 0.15) is 59.8 Å². The van der Waals surface area contributed by atoms with Gasteiger partial charge in [-0.15, -0.1) is 0 Å². The molecule has 9 nitrogen and oxygen atoms in total. The van der Waals surface area contributed by atoms with E-state index in [9.17, 15) is 19.5 Å². The van der Waals surface area contributed by atoms with E-state index >= 15 is 4.39 Å². The molecule has 7 aliphatic rings. The number of carbonyl (C=O) groups excluding carboxylic acids is 3. The molecule has 1 amide bonds. The summed E-state index contributed by atoms with van der Waals surface area (Å²) in [5.41, 5.74) is -4.90. The van der Waals surface area contributed by atoms with Crippen LogP contribution in [-0.4, -0.2) is 88.7 Å². The number of nitrogens with zero attached hydrogens (tertiary/aromatic N) is 1. The number of aliphatic hydroxyl groups is 1. The lowest BCUT2D eigenvalue weighted by molar-refractivity contribution is -0.246. The number of alkyl halides is 1. The van der Waals surface area contributed by atoms with E-state index in [0.717, 1.165) is 6.42 Å². The monoisotopic (exact) mass is 558 g/mol. The minimum Gasteiger partial charge on any atom is -0.441 e. The molecule has 0 spiro atoms. The highest BCUT2D eigenvalue weighted by atomic mass is 19.1. The molecule has 7 rings (SSSR count). The lowest BCUT2D eigenvalue weighted by Gasteiger charge is -2.62. The van der Waals surface area contributed by atoms with Gasteiger partial charge in [0.1, 0.15) is 0 Å². The molecular weight excluding hydrogens is 519 g/mol. The number of hydrogen-bond acceptors (Lipinski definition) is 8. The third-order valence-electron chi connectivity index (χ3n) is 11.7. The van der Waals surface area contributed by atoms with Gasteiger partial charge in [0.05, 0.1) is 12.2 Å². The second kappa shape index (κ2) is 8.24. The van der Waals surface area contributed by atoms with Crippen molar-refractivity contribution in [2.24, 2.45) is 22.7 Å². The van der Waals surface area contributed by atoms with Gasteiger partial charge >= 0.3 is 6.09 Å². The number of ether oxygens (including phenoxy) is 3. The van der Waals surface area contributed by atoms with Crippen LogP contribution in [0.4, 0.5) is 9.18 Å². The molecule has 40 heavy (non-hydrogen) atoms. The average molecular weight is 559 g/mol. The van der Waals surface area contributed by atoms with Gasteiger partial charge in [-0.2, -0.15) is 0 Å². The summed E-state index contributed by atoms with van der Waals surface area (Å²) in [6, 6.07) is 0.325. The van der Waals surface area contributed by atoms with Crippen LogP contribution in [0.5, 0.6) is 0 Å². The van der Waals surface area contributed by atoms with Gasteiger partial charge in [-0.05, 0) is 70.9 Å². The van der Waals surface area contributed by atoms with Crippen LogP contribution in [0.2, 0.25) is 0 Å². The number of Topliss-reactive ketones (excluding diaryl/α,β-unsaturated/α-hetero) is 1. The third kappa shape index (κ3) is 3.19. The summed E-state index contributed by atoms with van der Waals surface area (Å²) in [6.07, 6.45) is 4.16. The predicted octanol–water partition coefficient (Wildman–Crippen LogP) is 2.61. The molecule has 10 atom stereocenters. The van der Waals surface area contributed by atoms with Crippen molar-refractivity contribution < 1.29 is 38.1 Å². The fourth-order valence-electron chi connectivity index (χ4n) is 9.91. The molecule has 3 saturated carbocycles. The van der Waals surface area contributed by atoms with Crippen molar-refractivity contribution in [1.82, 2.24) is 10.2 Å². The van der Waals surface area contributed by atoms with Gasteiger partial charge in [-0.3, -0.25) is 9.59 Å². The SMILES string of the molecule is CC1(C)O[C@@H]2C[C@H]3[C@@H]4CCC5=CC(=O)C=C[C@]5(C)[C@@]4(F)[C@@H](O)C[C@]3(C)[C@]2(C(=O)COC(=O)N2CC3CC2CN3)O1. The first kappa shape index (κ1) is 26.7. The Labute approximate surface area is 233 Å². The zero-order chi connectivity index (χ0) is 28.5. The van der Waals surface area contributed by atoms with Gasteiger partial charge in [0.15, 0.2) is 29.4 Å². The lowest BCUT2D eigenvalue weighted by Crippen LogP contribution is -2.70. The molecule has 6 fully saturated rings. The molecule has 2 N–H and O–H groups in total. The molecule has 3 saturated heterocycles. The number of halogens is 1. The first-order chi connectivity index (χ1) is 18.7. The van der Waals surface area contributed by atoms with Crippen LogP contribution in [0, 0.1) is 22.7 Å². The van der Waals surface area contributed by atoms with E-state index in [1.807, 2.05) is 6.92 Å². The summed E-state index contributed by atoms with van der Waals surface area (Å²) < 4.78 is 35.9. The van der Waals surface area contributed by atoms with Gasteiger partial charge in [-0.1, -0.05) is 18.6 Å². The molecule has 0 aromatic heterocycles. The summed E-state index contributed by atoms with van der Waals surface area (Å²) in [6.45, 7) is 7.97. The fraction of sp³-hybridized carbons (Fsp3) is 0.767. The van der Waals surface area contributed by atoms with E-state index in [0.29, 0.717) is 37.9 Å². The van der Waals surface area contributed by atoms with Gasteiger partial charge in [0, 0.05) is 41.9 Å². The van der Waals surface area contributed by atoms with Crippen molar-refractivity contribution in [3.63, 3.8) is 0 Å². The molecule has 0 aromatic carbocycles. The van der Waals surface area contributed by atoms with E-state index in [-0.39, 0.29) is 30.2 Å². The molecule has 3 heterocycles. The molecule has 2 unspecified atom stereocenters. The van der Waals surface area contributed by atoms with Crippen LogP contribution < -0.4 is 5.32 Å². The molecule has 3 aliphatic heterocycles. The predicted molar refractivity (Wildman–Crippen MR) is 140 cm³/mol. The zero-order valence-corrected chi connectivity index (χ0v) is 23.6. The first-order valence-corrected chi connectivity index (χ1v) is 14.6. The zero-order valence-electron chi connectivity index (χ0n) is 23.6. The topological polar surface area (TPSA) is 114 Å². The Balaban J connectivity index is 1.21. The van der Waals surface area contributed by atoms with Crippen molar-refractivity contribution in [3.8, 4) is 0 Å². The Morgan fingerprint density at radius 2 is 2.00 bits per heavy atom. The number of ketones is 2. The Morgan fingerprint density at radius 1 is 1.23 bits per heavy atom. The Morgan fingerprint density at radius 3 is 2.70 bits per heavy atom. The molecular formula is C30H39FN2O7. The normalized spacial score (nSPS) is 49.7. The highest BCUT2D eigenvalue weighted by molar-refractivity contribution is 6.01. The number of amides is 1. The highest BCUT2D eigenvalue weighted by Gasteiger charge is 2.80. The summed E-state index contributed by atoms with van der Waals surface area (Å²) >= 11 is 0. The van der Waals surface area contributed by atoms with E-state index < -0.39 is 64.5 Å². The number of hydrogen-bond donors (Lipinski definition) is 2. The summed E-state index contributed by atoms with van der Waals surface area (Å²) in [7, 11) is 0. The van der Waals surface area contributed by atoms with Gasteiger partial charge < -0.3 is 29.5 Å². The van der Waals surface area contributed by atoms with Gasteiger partial charge in [-0.25, -0.2) is 9.18 Å². The quantitative estimate of drug-likeness (QED) is 0.544. The maximum Gasteiger partial charge on any atom is 0.410 e. The summed E-state index contributed by atoms with van der Waals surface area (Å²) in [4.78, 5) is 40.9. The fourth-order valence-corrected chi connectivity index (χ4v) is 9.91. The molecule has 4 aliphatic carbocycles. The maximum absolute atomic E-state index is 17.5. The molecule has 2 bridgehead atoms. The highest BCUT2D eigenvalue weighted by Crippen LogP contribution is 2.72. The van der Waals surface area contributed by atoms with Crippen molar-refractivity contribution in [2.45, 2.75) is 101 Å². The summed E-state index contributed by atoms with van der Waals surface area (Å²) in [5.74, 6) is -2.56. The Bertz CT molecular complexity index is 1250. The number of fused-ring (bicyclic) bond motifs is 9. The smallest absolute Gasteiger partial charge is 0.410 e. The number of aliphatic hydroxyl groups excluding tert-OH is 1. The van der Waals surface area contributed by atoms with Crippen LogP contribution >= 0.6 is 0 Å². The van der Waals surface area contributed by atoms with Crippen LogP contribution in [0.15, 0.2) is 23.8 Å². The first-order valence-electron chi connectivity index (χ1n) is 14.6. The van der Waals surface area contributed by atoms with E-state index in [1.54, 1.807) is 31.7 Å². The van der Waals surface area contributed by atoms with Crippen LogP contribution in [0.25, 0.3) is 0 Å². The van der Waals surface area contributed by atoms with Crippen molar-refractivity contribution in [1.29, 1.82) is 0 Å².